The first-order chi connectivity index (χ1) is 10.9. The number of hydrogen-bond donors (Lipinski definition) is 1. The van der Waals surface area contributed by atoms with Crippen molar-refractivity contribution in [2.75, 3.05) is 6.54 Å². The summed E-state index contributed by atoms with van der Waals surface area (Å²) in [7, 11) is 0. The van der Waals surface area contributed by atoms with Crippen molar-refractivity contribution in [3.63, 3.8) is 0 Å². The second-order valence-corrected chi connectivity index (χ2v) is 8.85. The van der Waals surface area contributed by atoms with Crippen molar-refractivity contribution >= 4 is 45.0 Å². The van der Waals surface area contributed by atoms with Crippen LogP contribution in [0.4, 0.5) is 4.79 Å². The molecule has 0 unspecified atom stereocenters. The molecule has 3 rings (SSSR count). The Bertz CT molecular complexity index is 654. The number of rotatable bonds is 4. The Balaban J connectivity index is 1.74. The zero-order valence-corrected chi connectivity index (χ0v) is 15.3. The van der Waals surface area contributed by atoms with E-state index >= 15 is 0 Å². The van der Waals surface area contributed by atoms with Crippen molar-refractivity contribution in [1.29, 1.82) is 0 Å². The number of ketones is 1. The van der Waals surface area contributed by atoms with Crippen molar-refractivity contribution < 1.29 is 14.4 Å². The molecule has 1 aromatic heterocycles. The summed E-state index contributed by atoms with van der Waals surface area (Å²) in [5.41, 5.74) is -0.867. The van der Waals surface area contributed by atoms with Crippen LogP contribution < -0.4 is 5.32 Å². The molecule has 2 fully saturated rings. The van der Waals surface area contributed by atoms with Crippen molar-refractivity contribution in [1.82, 2.24) is 10.2 Å². The van der Waals surface area contributed by atoms with Crippen LogP contribution in [-0.4, -0.2) is 34.7 Å². The predicted molar refractivity (Wildman–Crippen MR) is 91.6 cm³/mol. The van der Waals surface area contributed by atoms with Crippen molar-refractivity contribution in [2.45, 2.75) is 44.6 Å². The highest BCUT2D eigenvalue weighted by molar-refractivity contribution is 9.11. The van der Waals surface area contributed by atoms with E-state index in [4.69, 9.17) is 0 Å². The fourth-order valence-electron chi connectivity index (χ4n) is 3.50. The van der Waals surface area contributed by atoms with E-state index in [9.17, 15) is 14.4 Å². The molecular formula is C16H19BrN2O3S. The lowest BCUT2D eigenvalue weighted by atomic mass is 9.75. The minimum Gasteiger partial charge on any atom is -0.323 e. The number of carbonyl (C=O) groups is 3. The van der Waals surface area contributed by atoms with Gasteiger partial charge in [0.05, 0.1) is 15.2 Å². The molecule has 1 saturated carbocycles. The number of halogens is 1. The predicted octanol–water partition coefficient (Wildman–Crippen LogP) is 3.58. The summed E-state index contributed by atoms with van der Waals surface area (Å²) in [5, 5.41) is 2.84. The smallest absolute Gasteiger partial charge is 0.323 e. The Kier molecular flexibility index (Phi) is 4.60. The Morgan fingerprint density at radius 2 is 2.04 bits per heavy atom. The van der Waals surface area contributed by atoms with Crippen LogP contribution in [0.15, 0.2) is 15.9 Å². The Hall–Kier alpha value is -1.21. The molecule has 0 aromatic carbocycles. The van der Waals surface area contributed by atoms with Crippen molar-refractivity contribution in [3.05, 3.63) is 20.8 Å². The lowest BCUT2D eigenvalue weighted by Crippen LogP contribution is -2.51. The molecule has 1 aromatic rings. The SMILES string of the molecule is C[C@]1(C2CCCCC2)NC(=O)N(CC(=O)c2ccc(Br)s2)C1=O. The number of urea groups is 1. The summed E-state index contributed by atoms with van der Waals surface area (Å²) in [6.07, 6.45) is 5.26. The molecule has 1 saturated heterocycles. The van der Waals surface area contributed by atoms with Gasteiger partial charge in [0, 0.05) is 0 Å². The Morgan fingerprint density at radius 3 is 2.65 bits per heavy atom. The van der Waals surface area contributed by atoms with E-state index in [2.05, 4.69) is 21.2 Å². The van der Waals surface area contributed by atoms with Gasteiger partial charge in [0.25, 0.3) is 5.91 Å². The standard InChI is InChI=1S/C16H19BrN2O3S/c1-16(10-5-3-2-4-6-10)14(21)19(15(22)18-16)9-11(20)12-7-8-13(17)23-12/h7-8,10H,2-6,9H2,1H3,(H,18,22)/t16-/m1/s1. The fraction of sp³-hybridized carbons (Fsp3) is 0.562. The summed E-state index contributed by atoms with van der Waals surface area (Å²) in [6, 6.07) is 3.04. The quantitative estimate of drug-likeness (QED) is 0.622. The number of amides is 3. The van der Waals surface area contributed by atoms with E-state index in [1.165, 1.54) is 17.8 Å². The number of carbonyl (C=O) groups excluding carboxylic acids is 3. The number of hydrogen-bond acceptors (Lipinski definition) is 4. The second kappa shape index (κ2) is 6.36. The normalized spacial score (nSPS) is 25.7. The van der Waals surface area contributed by atoms with E-state index < -0.39 is 11.6 Å². The summed E-state index contributed by atoms with van der Waals surface area (Å²) in [6.45, 7) is 1.61. The van der Waals surface area contributed by atoms with Crippen LogP contribution in [0.25, 0.3) is 0 Å². The lowest BCUT2D eigenvalue weighted by molar-refractivity contribution is -0.132. The first kappa shape index (κ1) is 16.6. The van der Waals surface area contributed by atoms with E-state index in [1.807, 2.05) is 0 Å². The maximum atomic E-state index is 12.8. The highest BCUT2D eigenvalue weighted by Gasteiger charge is 2.52. The maximum Gasteiger partial charge on any atom is 0.325 e. The van der Waals surface area contributed by atoms with Crippen LogP contribution in [0, 0.1) is 5.92 Å². The van der Waals surface area contributed by atoms with Crippen molar-refractivity contribution in [3.8, 4) is 0 Å². The zero-order valence-electron chi connectivity index (χ0n) is 12.9. The highest BCUT2D eigenvalue weighted by Crippen LogP contribution is 2.36. The molecule has 1 N–H and O–H groups in total. The van der Waals surface area contributed by atoms with Gasteiger partial charge in [0.1, 0.15) is 5.54 Å². The lowest BCUT2D eigenvalue weighted by Gasteiger charge is -2.34. The Labute approximate surface area is 147 Å². The van der Waals surface area contributed by atoms with Crippen LogP contribution >= 0.6 is 27.3 Å². The number of nitrogens with one attached hydrogen (secondary N) is 1. The van der Waals surface area contributed by atoms with E-state index in [0.29, 0.717) is 4.88 Å². The van der Waals surface area contributed by atoms with Gasteiger partial charge in [-0.05, 0) is 53.7 Å². The first-order valence-electron chi connectivity index (χ1n) is 7.84. The molecule has 3 amide bonds. The molecule has 23 heavy (non-hydrogen) atoms. The van der Waals surface area contributed by atoms with Crippen LogP contribution in [-0.2, 0) is 4.79 Å². The van der Waals surface area contributed by atoms with Gasteiger partial charge in [0.15, 0.2) is 5.78 Å². The molecule has 1 aliphatic carbocycles. The summed E-state index contributed by atoms with van der Waals surface area (Å²) in [4.78, 5) is 39.0. The van der Waals surface area contributed by atoms with Gasteiger partial charge >= 0.3 is 6.03 Å². The van der Waals surface area contributed by atoms with Crippen LogP contribution in [0.3, 0.4) is 0 Å². The third kappa shape index (κ3) is 3.08. The monoisotopic (exact) mass is 398 g/mol. The Morgan fingerprint density at radius 1 is 1.35 bits per heavy atom. The molecule has 2 heterocycles. The van der Waals surface area contributed by atoms with E-state index in [0.717, 1.165) is 34.4 Å². The summed E-state index contributed by atoms with van der Waals surface area (Å²) < 4.78 is 0.852. The van der Waals surface area contributed by atoms with E-state index in [1.54, 1.807) is 19.1 Å². The van der Waals surface area contributed by atoms with Gasteiger partial charge in [-0.2, -0.15) is 0 Å². The molecule has 7 heteroatoms. The average Bonchev–Trinajstić information content (AvgIpc) is 3.06. The molecule has 0 radical (unpaired) electrons. The van der Waals surface area contributed by atoms with Gasteiger partial charge < -0.3 is 5.32 Å². The van der Waals surface area contributed by atoms with Crippen LogP contribution in [0.5, 0.6) is 0 Å². The van der Waals surface area contributed by atoms with Gasteiger partial charge in [-0.25, -0.2) is 4.79 Å². The minimum atomic E-state index is -0.867. The van der Waals surface area contributed by atoms with Gasteiger partial charge in [-0.3, -0.25) is 14.5 Å². The third-order valence-electron chi connectivity index (χ3n) is 4.87. The van der Waals surface area contributed by atoms with Gasteiger partial charge in [-0.15, -0.1) is 11.3 Å². The third-order valence-corrected chi connectivity index (χ3v) is 6.54. The molecule has 0 spiro atoms. The van der Waals surface area contributed by atoms with Crippen LogP contribution in [0.1, 0.15) is 48.7 Å². The molecule has 1 atom stereocenters. The van der Waals surface area contributed by atoms with E-state index in [-0.39, 0.29) is 24.2 Å². The largest absolute Gasteiger partial charge is 0.325 e. The summed E-state index contributed by atoms with van der Waals surface area (Å²) in [5.74, 6) is -0.320. The second-order valence-electron chi connectivity index (χ2n) is 6.39. The zero-order chi connectivity index (χ0) is 16.6. The van der Waals surface area contributed by atoms with Gasteiger partial charge in [-0.1, -0.05) is 19.3 Å². The fourth-order valence-corrected chi connectivity index (χ4v) is 4.82. The van der Waals surface area contributed by atoms with Crippen LogP contribution in [0.2, 0.25) is 0 Å². The minimum absolute atomic E-state index is 0.156. The first-order valence-corrected chi connectivity index (χ1v) is 9.45. The molecular weight excluding hydrogens is 380 g/mol. The highest BCUT2D eigenvalue weighted by atomic mass is 79.9. The van der Waals surface area contributed by atoms with Gasteiger partial charge in [0.2, 0.25) is 0 Å². The summed E-state index contributed by atoms with van der Waals surface area (Å²) >= 11 is 4.62. The molecule has 0 bridgehead atoms. The number of thiophene rings is 1. The molecule has 124 valence electrons. The topological polar surface area (TPSA) is 66.5 Å². The number of nitrogens with zero attached hydrogens (tertiary/aromatic N) is 1. The number of Topliss-reactive ketones (excluding diaryl/α,β-unsaturated/α-hetero) is 1. The molecule has 5 nitrogen and oxygen atoms in total. The molecule has 1 aliphatic heterocycles. The molecule has 2 aliphatic rings. The maximum absolute atomic E-state index is 12.8. The number of imide groups is 1. The average molecular weight is 399 g/mol. The van der Waals surface area contributed by atoms with Crippen molar-refractivity contribution in [2.24, 2.45) is 5.92 Å².